The Hall–Kier alpha value is -0.940. The van der Waals surface area contributed by atoms with Crippen LogP contribution in [0.3, 0.4) is 0 Å². The first-order valence-corrected chi connectivity index (χ1v) is 7.48. The van der Waals surface area contributed by atoms with E-state index in [0.29, 0.717) is 0 Å². The standard InChI is InChI=1S/C13H20FNO2S/c1-13(2,3)12(15-4)9-18(16,17)11-8-6-5-7-10(11)14/h5-8,12,15H,9H2,1-4H3. The number of nitrogens with one attached hydrogen (secondary N) is 1. The molecule has 0 spiro atoms. The molecule has 0 radical (unpaired) electrons. The van der Waals surface area contributed by atoms with Gasteiger partial charge in [-0.15, -0.1) is 0 Å². The van der Waals surface area contributed by atoms with E-state index in [1.54, 1.807) is 7.05 Å². The van der Waals surface area contributed by atoms with E-state index >= 15 is 0 Å². The van der Waals surface area contributed by atoms with Crippen molar-refractivity contribution in [1.82, 2.24) is 5.32 Å². The van der Waals surface area contributed by atoms with E-state index in [2.05, 4.69) is 5.32 Å². The fourth-order valence-electron chi connectivity index (χ4n) is 1.77. The maximum Gasteiger partial charge on any atom is 0.182 e. The number of hydrogen-bond acceptors (Lipinski definition) is 3. The van der Waals surface area contributed by atoms with Gasteiger partial charge in [-0.1, -0.05) is 32.9 Å². The van der Waals surface area contributed by atoms with Crippen LogP contribution in [-0.2, 0) is 9.84 Å². The molecule has 1 aromatic carbocycles. The molecule has 0 saturated heterocycles. The Kier molecular flexibility index (Phi) is 4.50. The summed E-state index contributed by atoms with van der Waals surface area (Å²) in [6, 6.07) is 5.25. The first kappa shape index (κ1) is 15.1. The molecule has 0 heterocycles. The van der Waals surface area contributed by atoms with Gasteiger partial charge in [-0.05, 0) is 24.6 Å². The molecule has 18 heavy (non-hydrogen) atoms. The molecule has 0 aliphatic rings. The summed E-state index contributed by atoms with van der Waals surface area (Å²) in [6.07, 6.45) is 0. The average Bonchev–Trinajstić information content (AvgIpc) is 2.24. The lowest BCUT2D eigenvalue weighted by Gasteiger charge is -2.30. The number of hydrogen-bond donors (Lipinski definition) is 1. The van der Waals surface area contributed by atoms with E-state index in [1.165, 1.54) is 24.3 Å². The van der Waals surface area contributed by atoms with Gasteiger partial charge in [-0.25, -0.2) is 12.8 Å². The van der Waals surface area contributed by atoms with Crippen LogP contribution in [0.1, 0.15) is 20.8 Å². The Balaban J connectivity index is 3.06. The summed E-state index contributed by atoms with van der Waals surface area (Å²) in [7, 11) is -1.91. The number of halogens is 1. The lowest BCUT2D eigenvalue weighted by Crippen LogP contribution is -2.43. The lowest BCUT2D eigenvalue weighted by molar-refractivity contribution is 0.302. The number of sulfone groups is 1. The fraction of sp³-hybridized carbons (Fsp3) is 0.538. The molecule has 0 amide bonds. The van der Waals surface area contributed by atoms with Crippen molar-refractivity contribution >= 4 is 9.84 Å². The molecular formula is C13H20FNO2S. The molecule has 0 aliphatic heterocycles. The highest BCUT2D eigenvalue weighted by molar-refractivity contribution is 7.91. The van der Waals surface area contributed by atoms with Gasteiger partial charge in [-0.3, -0.25) is 0 Å². The molecule has 0 aromatic heterocycles. The molecule has 1 aromatic rings. The van der Waals surface area contributed by atoms with Crippen LogP contribution in [0, 0.1) is 11.2 Å². The molecular weight excluding hydrogens is 253 g/mol. The predicted molar refractivity (Wildman–Crippen MR) is 70.8 cm³/mol. The van der Waals surface area contributed by atoms with Crippen LogP contribution in [-0.4, -0.2) is 27.3 Å². The zero-order valence-electron chi connectivity index (χ0n) is 11.2. The summed E-state index contributed by atoms with van der Waals surface area (Å²) in [4.78, 5) is -0.227. The molecule has 1 unspecified atom stereocenters. The van der Waals surface area contributed by atoms with E-state index in [-0.39, 0.29) is 22.1 Å². The second-order valence-electron chi connectivity index (χ2n) is 5.42. The minimum Gasteiger partial charge on any atom is -0.315 e. The Morgan fingerprint density at radius 2 is 1.83 bits per heavy atom. The van der Waals surface area contributed by atoms with Crippen molar-refractivity contribution in [3.8, 4) is 0 Å². The van der Waals surface area contributed by atoms with Crippen molar-refractivity contribution in [3.63, 3.8) is 0 Å². The molecule has 1 N–H and O–H groups in total. The van der Waals surface area contributed by atoms with Gasteiger partial charge in [0.25, 0.3) is 0 Å². The first-order chi connectivity index (χ1) is 8.18. The number of rotatable bonds is 4. The highest BCUT2D eigenvalue weighted by Crippen LogP contribution is 2.24. The van der Waals surface area contributed by atoms with Crippen LogP contribution in [0.5, 0.6) is 0 Å². The van der Waals surface area contributed by atoms with E-state index in [4.69, 9.17) is 0 Å². The van der Waals surface area contributed by atoms with Gasteiger partial charge in [-0.2, -0.15) is 0 Å². The lowest BCUT2D eigenvalue weighted by atomic mass is 9.88. The molecule has 3 nitrogen and oxygen atoms in total. The fourth-order valence-corrected chi connectivity index (χ4v) is 3.71. The van der Waals surface area contributed by atoms with Gasteiger partial charge in [0.1, 0.15) is 10.7 Å². The third-order valence-corrected chi connectivity index (χ3v) is 4.73. The molecule has 1 rings (SSSR count). The van der Waals surface area contributed by atoms with Gasteiger partial charge in [0, 0.05) is 6.04 Å². The first-order valence-electron chi connectivity index (χ1n) is 5.83. The van der Waals surface area contributed by atoms with E-state index in [0.717, 1.165) is 0 Å². The van der Waals surface area contributed by atoms with Crippen molar-refractivity contribution in [1.29, 1.82) is 0 Å². The zero-order chi connectivity index (χ0) is 14.0. The van der Waals surface area contributed by atoms with Crippen molar-refractivity contribution in [2.75, 3.05) is 12.8 Å². The number of benzene rings is 1. The normalized spacial score (nSPS) is 14.5. The van der Waals surface area contributed by atoms with Crippen molar-refractivity contribution < 1.29 is 12.8 Å². The minimum absolute atomic E-state index is 0.117. The summed E-state index contributed by atoms with van der Waals surface area (Å²) < 4.78 is 37.9. The molecule has 1 atom stereocenters. The monoisotopic (exact) mass is 273 g/mol. The topological polar surface area (TPSA) is 46.2 Å². The summed E-state index contributed by atoms with van der Waals surface area (Å²) >= 11 is 0. The summed E-state index contributed by atoms with van der Waals surface area (Å²) in [5.74, 6) is -0.810. The second kappa shape index (κ2) is 5.36. The van der Waals surface area contributed by atoms with Gasteiger partial charge < -0.3 is 5.32 Å². The predicted octanol–water partition coefficient (Wildman–Crippen LogP) is 2.23. The SMILES string of the molecule is CNC(CS(=O)(=O)c1ccccc1F)C(C)(C)C. The van der Waals surface area contributed by atoms with Gasteiger partial charge in [0.15, 0.2) is 9.84 Å². The van der Waals surface area contributed by atoms with Gasteiger partial charge in [0.2, 0.25) is 0 Å². The quantitative estimate of drug-likeness (QED) is 0.915. The highest BCUT2D eigenvalue weighted by atomic mass is 32.2. The van der Waals surface area contributed by atoms with Crippen molar-refractivity contribution in [2.45, 2.75) is 31.7 Å². The Morgan fingerprint density at radius 1 is 1.28 bits per heavy atom. The Morgan fingerprint density at radius 3 is 2.28 bits per heavy atom. The van der Waals surface area contributed by atoms with Crippen molar-refractivity contribution in [2.24, 2.45) is 5.41 Å². The highest BCUT2D eigenvalue weighted by Gasteiger charge is 2.30. The van der Waals surface area contributed by atoms with Crippen LogP contribution in [0.2, 0.25) is 0 Å². The summed E-state index contributed by atoms with van der Waals surface area (Å²) in [5, 5.41) is 2.99. The minimum atomic E-state index is -3.62. The zero-order valence-corrected chi connectivity index (χ0v) is 12.0. The molecule has 5 heteroatoms. The summed E-state index contributed by atoms with van der Waals surface area (Å²) in [5.41, 5.74) is -0.215. The second-order valence-corrected chi connectivity index (χ2v) is 7.42. The molecule has 102 valence electrons. The third kappa shape index (κ3) is 3.53. The van der Waals surface area contributed by atoms with Crippen LogP contribution >= 0.6 is 0 Å². The molecule has 0 bridgehead atoms. The van der Waals surface area contributed by atoms with Gasteiger partial charge in [0.05, 0.1) is 5.75 Å². The van der Waals surface area contributed by atoms with E-state index in [1.807, 2.05) is 20.8 Å². The average molecular weight is 273 g/mol. The van der Waals surface area contributed by atoms with E-state index < -0.39 is 15.7 Å². The van der Waals surface area contributed by atoms with Crippen LogP contribution < -0.4 is 5.32 Å². The van der Waals surface area contributed by atoms with Gasteiger partial charge >= 0.3 is 0 Å². The maximum atomic E-state index is 13.5. The van der Waals surface area contributed by atoms with Crippen LogP contribution in [0.4, 0.5) is 4.39 Å². The Bertz CT molecular complexity index is 506. The van der Waals surface area contributed by atoms with E-state index in [9.17, 15) is 12.8 Å². The van der Waals surface area contributed by atoms with Crippen molar-refractivity contribution in [3.05, 3.63) is 30.1 Å². The largest absolute Gasteiger partial charge is 0.315 e. The summed E-state index contributed by atoms with van der Waals surface area (Å²) in [6.45, 7) is 5.85. The van der Waals surface area contributed by atoms with Crippen LogP contribution in [0.15, 0.2) is 29.2 Å². The maximum absolute atomic E-state index is 13.5. The smallest absolute Gasteiger partial charge is 0.182 e. The van der Waals surface area contributed by atoms with Crippen LogP contribution in [0.25, 0.3) is 0 Å². The molecule has 0 aliphatic carbocycles. The molecule has 0 saturated carbocycles. The molecule has 0 fully saturated rings. The Labute approximate surface area is 108 Å². The third-order valence-electron chi connectivity index (χ3n) is 2.95.